The molecule has 8 heteroatoms. The van der Waals surface area contributed by atoms with Gasteiger partial charge in [0.05, 0.1) is 16.9 Å². The monoisotopic (exact) mass is 499 g/mol. The number of benzene rings is 2. The Morgan fingerprint density at radius 1 is 1.06 bits per heavy atom. The molecule has 0 spiro atoms. The number of anilines is 2. The van der Waals surface area contributed by atoms with Crippen molar-refractivity contribution in [3.63, 3.8) is 0 Å². The molecule has 1 heterocycles. The Morgan fingerprint density at radius 2 is 1.86 bits per heavy atom. The van der Waals surface area contributed by atoms with Gasteiger partial charge in [0.1, 0.15) is 4.90 Å². The average molecular weight is 500 g/mol. The normalized spacial score (nSPS) is 20.7. The third-order valence-corrected chi connectivity index (χ3v) is 8.85. The predicted molar refractivity (Wildman–Crippen MR) is 140 cm³/mol. The summed E-state index contributed by atoms with van der Waals surface area (Å²) in [4.78, 5) is 14.8. The summed E-state index contributed by atoms with van der Waals surface area (Å²) in [7, 11) is -4.00. The smallest absolute Gasteiger partial charge is 0.338 e. The molecule has 0 aromatic heterocycles. The molecule has 0 amide bonds. The molecule has 0 bridgehead atoms. The fourth-order valence-electron chi connectivity index (χ4n) is 5.54. The van der Waals surface area contributed by atoms with Gasteiger partial charge in [-0.15, -0.1) is 0 Å². The number of sulfonamides is 1. The van der Waals surface area contributed by atoms with E-state index >= 15 is 0 Å². The van der Waals surface area contributed by atoms with Crippen LogP contribution in [0.1, 0.15) is 79.8 Å². The maximum Gasteiger partial charge on any atom is 0.338 e. The van der Waals surface area contributed by atoms with Gasteiger partial charge in [0.25, 0.3) is 10.0 Å². The molecule has 190 valence electrons. The van der Waals surface area contributed by atoms with Crippen LogP contribution >= 0.6 is 0 Å². The van der Waals surface area contributed by atoms with Crippen LogP contribution in [-0.4, -0.2) is 50.1 Å². The molecular formula is C27H37N3O4S. The molecule has 4 rings (SSSR count). The summed E-state index contributed by atoms with van der Waals surface area (Å²) in [5.41, 5.74) is 2.46. The van der Waals surface area contributed by atoms with Crippen molar-refractivity contribution in [1.82, 2.24) is 4.90 Å². The van der Waals surface area contributed by atoms with E-state index < -0.39 is 16.0 Å². The van der Waals surface area contributed by atoms with E-state index in [1.54, 1.807) is 30.3 Å². The van der Waals surface area contributed by atoms with Crippen LogP contribution in [0.2, 0.25) is 0 Å². The highest BCUT2D eigenvalue weighted by molar-refractivity contribution is 7.92. The molecule has 7 nitrogen and oxygen atoms in total. The van der Waals surface area contributed by atoms with E-state index in [9.17, 15) is 18.3 Å². The highest BCUT2D eigenvalue weighted by Gasteiger charge is 2.28. The number of likely N-dealkylation sites (tertiary alicyclic amines) is 1. The minimum Gasteiger partial charge on any atom is -0.478 e. The highest BCUT2D eigenvalue weighted by atomic mass is 32.2. The van der Waals surface area contributed by atoms with E-state index in [0.717, 1.165) is 49.9 Å². The van der Waals surface area contributed by atoms with Gasteiger partial charge in [-0.1, -0.05) is 31.5 Å². The van der Waals surface area contributed by atoms with Crippen molar-refractivity contribution in [1.29, 1.82) is 0 Å². The van der Waals surface area contributed by atoms with Crippen molar-refractivity contribution in [3.8, 4) is 0 Å². The number of nitrogens with one attached hydrogen (secondary N) is 2. The van der Waals surface area contributed by atoms with E-state index in [0.29, 0.717) is 18.3 Å². The van der Waals surface area contributed by atoms with E-state index in [4.69, 9.17) is 0 Å². The van der Waals surface area contributed by atoms with Gasteiger partial charge in [0.2, 0.25) is 0 Å². The van der Waals surface area contributed by atoms with Gasteiger partial charge in [-0.3, -0.25) is 4.72 Å². The molecule has 0 radical (unpaired) electrons. The van der Waals surface area contributed by atoms with Crippen molar-refractivity contribution in [2.75, 3.05) is 29.7 Å². The van der Waals surface area contributed by atoms with Gasteiger partial charge in [0, 0.05) is 19.1 Å². The number of carbonyl (C=O) groups is 1. The average Bonchev–Trinajstić information content (AvgIpc) is 2.83. The lowest BCUT2D eigenvalue weighted by Gasteiger charge is -2.33. The second-order valence-corrected chi connectivity index (χ2v) is 11.6. The van der Waals surface area contributed by atoms with Gasteiger partial charge in [0.15, 0.2) is 0 Å². The van der Waals surface area contributed by atoms with Gasteiger partial charge >= 0.3 is 5.97 Å². The molecule has 0 saturated carbocycles. The Hall–Kier alpha value is -2.58. The minimum atomic E-state index is -4.00. The Balaban J connectivity index is 1.51. The van der Waals surface area contributed by atoms with Crippen molar-refractivity contribution in [3.05, 3.63) is 53.1 Å². The first-order valence-electron chi connectivity index (χ1n) is 12.8. The van der Waals surface area contributed by atoms with Crippen LogP contribution < -0.4 is 10.0 Å². The first-order valence-corrected chi connectivity index (χ1v) is 14.2. The van der Waals surface area contributed by atoms with Crippen LogP contribution in [0.5, 0.6) is 0 Å². The lowest BCUT2D eigenvalue weighted by Crippen LogP contribution is -2.38. The maximum absolute atomic E-state index is 13.4. The summed E-state index contributed by atoms with van der Waals surface area (Å²) in [5.74, 6) is -1.03. The van der Waals surface area contributed by atoms with Crippen molar-refractivity contribution in [2.24, 2.45) is 0 Å². The van der Waals surface area contributed by atoms with E-state index in [1.165, 1.54) is 19.3 Å². The number of carboxylic acids is 1. The maximum atomic E-state index is 13.4. The number of fused-ring (bicyclic) bond motifs is 1. The topological polar surface area (TPSA) is 98.7 Å². The van der Waals surface area contributed by atoms with Crippen molar-refractivity contribution < 1.29 is 18.3 Å². The first-order chi connectivity index (χ1) is 16.8. The Morgan fingerprint density at radius 3 is 2.63 bits per heavy atom. The molecule has 2 aromatic rings. The molecule has 2 unspecified atom stereocenters. The Kier molecular flexibility index (Phi) is 8.02. The van der Waals surface area contributed by atoms with Crippen LogP contribution in [0.4, 0.5) is 11.4 Å². The van der Waals surface area contributed by atoms with Gasteiger partial charge in [-0.2, -0.15) is 0 Å². The number of aryl methyl sites for hydroxylation is 1. The molecule has 3 N–H and O–H groups in total. The lowest BCUT2D eigenvalue weighted by atomic mass is 9.80. The van der Waals surface area contributed by atoms with E-state index in [1.807, 2.05) is 13.0 Å². The number of para-hydroxylation sites is 1. The lowest BCUT2D eigenvalue weighted by molar-refractivity contribution is 0.0696. The molecule has 2 aliphatic rings. The Labute approximate surface area is 209 Å². The van der Waals surface area contributed by atoms with Gasteiger partial charge in [-0.05, 0) is 87.2 Å². The first kappa shape index (κ1) is 25.5. The number of hydrogen-bond donors (Lipinski definition) is 3. The van der Waals surface area contributed by atoms with Crippen LogP contribution in [0.15, 0.2) is 41.3 Å². The fraction of sp³-hybridized carbons (Fsp3) is 0.519. The molecule has 1 saturated heterocycles. The molecular weight excluding hydrogens is 462 g/mol. The van der Waals surface area contributed by atoms with E-state index in [2.05, 4.69) is 21.9 Å². The quantitative estimate of drug-likeness (QED) is 0.405. The molecule has 35 heavy (non-hydrogen) atoms. The van der Waals surface area contributed by atoms with Crippen molar-refractivity contribution >= 4 is 27.4 Å². The zero-order valence-corrected chi connectivity index (χ0v) is 21.5. The van der Waals surface area contributed by atoms with Crippen LogP contribution in [-0.2, 0) is 16.4 Å². The summed E-state index contributed by atoms with van der Waals surface area (Å²) in [6.45, 7) is 7.05. The van der Waals surface area contributed by atoms with Crippen LogP contribution in [0, 0.1) is 0 Å². The third kappa shape index (κ3) is 5.81. The molecule has 2 aromatic carbocycles. The third-order valence-electron chi connectivity index (χ3n) is 7.42. The predicted octanol–water partition coefficient (Wildman–Crippen LogP) is 5.30. The second kappa shape index (κ2) is 11.0. The molecule has 2 atom stereocenters. The second-order valence-electron chi connectivity index (χ2n) is 9.92. The van der Waals surface area contributed by atoms with Gasteiger partial charge in [-0.25, -0.2) is 13.2 Å². The zero-order valence-electron chi connectivity index (χ0n) is 20.7. The summed E-state index contributed by atoms with van der Waals surface area (Å²) >= 11 is 0. The fourth-order valence-corrected chi connectivity index (χ4v) is 6.80. The zero-order chi connectivity index (χ0) is 25.0. The van der Waals surface area contributed by atoms with Gasteiger partial charge < -0.3 is 15.3 Å². The highest BCUT2D eigenvalue weighted by Crippen LogP contribution is 2.38. The largest absolute Gasteiger partial charge is 0.478 e. The Bertz CT molecular complexity index is 1170. The van der Waals surface area contributed by atoms with Crippen LogP contribution in [0.3, 0.4) is 0 Å². The summed E-state index contributed by atoms with van der Waals surface area (Å²) in [6.07, 6.45) is 7.40. The number of piperidine rings is 1. The summed E-state index contributed by atoms with van der Waals surface area (Å²) < 4.78 is 29.4. The minimum absolute atomic E-state index is 0.0689. The van der Waals surface area contributed by atoms with E-state index in [-0.39, 0.29) is 22.1 Å². The number of aromatic carboxylic acids is 1. The molecule has 1 fully saturated rings. The number of rotatable bonds is 9. The van der Waals surface area contributed by atoms with Crippen LogP contribution in [0.25, 0.3) is 0 Å². The number of hydrogen-bond acceptors (Lipinski definition) is 5. The van der Waals surface area contributed by atoms with Crippen molar-refractivity contribution in [2.45, 2.75) is 75.6 Å². The molecule has 1 aliphatic carbocycles. The number of nitrogens with zero attached hydrogens (tertiary/aromatic N) is 1. The summed E-state index contributed by atoms with van der Waals surface area (Å²) in [5, 5.41) is 13.3. The summed E-state index contributed by atoms with van der Waals surface area (Å²) in [6, 6.07) is 10.8. The number of carboxylic acid groups (broad SMARTS) is 1. The molecule has 1 aliphatic heterocycles. The standard InChI is InChI=1S/C27H37N3O4S/c1-19-9-7-11-21-14-15-23(26(25(19)21)27(31)32)29-35(33,34)24-13-4-3-12-22(24)28-16-8-18-30-17-6-5-10-20(30)2/h3-4,12-15,19-20,28-29H,5-11,16-18H2,1-2H3,(H,31,32). The SMILES string of the molecule is CC1CCCc2ccc(NS(=O)(=O)c3ccccc3NCCCN3CCCCC3C)c(C(=O)O)c21.